The van der Waals surface area contributed by atoms with Crippen molar-refractivity contribution in [2.45, 2.75) is 39.2 Å². The summed E-state index contributed by atoms with van der Waals surface area (Å²) in [7, 11) is 1.69. The smallest absolute Gasteiger partial charge is 0.224 e. The molecule has 1 unspecified atom stereocenters. The van der Waals surface area contributed by atoms with E-state index in [4.69, 9.17) is 9.26 Å². The minimum atomic E-state index is -0.0153. The summed E-state index contributed by atoms with van der Waals surface area (Å²) in [6.45, 7) is 6.35. The zero-order valence-corrected chi connectivity index (χ0v) is 15.7. The third-order valence-corrected chi connectivity index (χ3v) is 5.09. The van der Waals surface area contributed by atoms with Crippen LogP contribution in [-0.4, -0.2) is 42.7 Å². The molecule has 0 aliphatic carbocycles. The first-order valence-electron chi connectivity index (χ1n) is 9.15. The van der Waals surface area contributed by atoms with Crippen molar-refractivity contribution in [3.63, 3.8) is 0 Å². The van der Waals surface area contributed by atoms with Crippen molar-refractivity contribution >= 4 is 5.91 Å². The van der Waals surface area contributed by atoms with Crippen LogP contribution in [0.15, 0.2) is 28.8 Å². The lowest BCUT2D eigenvalue weighted by Crippen LogP contribution is -2.37. The van der Waals surface area contributed by atoms with Crippen LogP contribution in [0.1, 0.15) is 41.5 Å². The third-order valence-electron chi connectivity index (χ3n) is 5.09. The maximum absolute atomic E-state index is 12.5. The molecule has 140 valence electrons. The molecule has 1 aromatic carbocycles. The summed E-state index contributed by atoms with van der Waals surface area (Å²) in [5.74, 6) is 1.56. The molecule has 0 bridgehead atoms. The Morgan fingerprint density at radius 2 is 2.04 bits per heavy atom. The highest BCUT2D eigenvalue weighted by Gasteiger charge is 2.26. The highest BCUT2D eigenvalue weighted by Crippen LogP contribution is 2.31. The average molecular weight is 357 g/mol. The number of methoxy groups -OCH3 is 1. The van der Waals surface area contributed by atoms with E-state index in [1.165, 1.54) is 12.8 Å². The molecular weight excluding hydrogens is 330 g/mol. The number of aryl methyl sites for hydroxylation is 2. The van der Waals surface area contributed by atoms with Crippen molar-refractivity contribution in [1.82, 2.24) is 15.4 Å². The van der Waals surface area contributed by atoms with Crippen molar-refractivity contribution in [3.8, 4) is 5.75 Å². The van der Waals surface area contributed by atoms with Crippen LogP contribution < -0.4 is 10.1 Å². The number of carbonyl (C=O) groups is 1. The molecule has 0 radical (unpaired) electrons. The number of benzene rings is 1. The van der Waals surface area contributed by atoms with Crippen LogP contribution in [0, 0.1) is 13.8 Å². The molecule has 26 heavy (non-hydrogen) atoms. The van der Waals surface area contributed by atoms with Gasteiger partial charge >= 0.3 is 0 Å². The minimum absolute atomic E-state index is 0.0153. The van der Waals surface area contributed by atoms with Gasteiger partial charge in [-0.15, -0.1) is 0 Å². The Morgan fingerprint density at radius 3 is 2.69 bits per heavy atom. The topological polar surface area (TPSA) is 67.6 Å². The maximum atomic E-state index is 12.5. The molecule has 1 N–H and O–H groups in total. The number of likely N-dealkylation sites (tertiary alicyclic amines) is 1. The number of carbonyl (C=O) groups excluding carboxylic acids is 1. The fourth-order valence-corrected chi connectivity index (χ4v) is 3.62. The van der Waals surface area contributed by atoms with Crippen molar-refractivity contribution in [3.05, 3.63) is 46.8 Å². The molecule has 2 aromatic rings. The highest BCUT2D eigenvalue weighted by molar-refractivity contribution is 5.79. The SMILES string of the molecule is COc1ccccc1C(CNC(=O)Cc1c(C)noc1C)N1CCCC1. The summed E-state index contributed by atoms with van der Waals surface area (Å²) >= 11 is 0. The van der Waals surface area contributed by atoms with Gasteiger partial charge in [-0.1, -0.05) is 23.4 Å². The van der Waals surface area contributed by atoms with E-state index in [9.17, 15) is 4.79 Å². The summed E-state index contributed by atoms with van der Waals surface area (Å²) in [5, 5.41) is 7.01. The lowest BCUT2D eigenvalue weighted by atomic mass is 10.0. The van der Waals surface area contributed by atoms with E-state index in [2.05, 4.69) is 21.4 Å². The standard InChI is InChI=1S/C20H27N3O3/c1-14-17(15(2)26-22-14)12-20(24)21-13-18(23-10-6-7-11-23)16-8-4-5-9-19(16)25-3/h4-5,8-9,18H,6-7,10-13H2,1-3H3,(H,21,24). The molecule has 1 aliphatic rings. The van der Waals surface area contributed by atoms with Gasteiger partial charge in [-0.25, -0.2) is 0 Å². The summed E-state index contributed by atoms with van der Waals surface area (Å²) in [4.78, 5) is 14.9. The molecule has 6 nitrogen and oxygen atoms in total. The van der Waals surface area contributed by atoms with E-state index in [1.807, 2.05) is 32.0 Å². The predicted molar refractivity (Wildman–Crippen MR) is 99.2 cm³/mol. The predicted octanol–water partition coefficient (Wildman–Crippen LogP) is 2.80. The Kier molecular flexibility index (Phi) is 5.93. The van der Waals surface area contributed by atoms with Gasteiger partial charge in [-0.3, -0.25) is 9.69 Å². The first-order chi connectivity index (χ1) is 12.6. The quantitative estimate of drug-likeness (QED) is 0.825. The second-order valence-corrected chi connectivity index (χ2v) is 6.78. The number of para-hydroxylation sites is 1. The third kappa shape index (κ3) is 4.07. The number of hydrogen-bond acceptors (Lipinski definition) is 5. The molecule has 6 heteroatoms. The Bertz CT molecular complexity index is 731. The monoisotopic (exact) mass is 357 g/mol. The van der Waals surface area contributed by atoms with Gasteiger partial charge in [-0.2, -0.15) is 0 Å². The van der Waals surface area contributed by atoms with E-state index in [0.717, 1.165) is 35.7 Å². The van der Waals surface area contributed by atoms with Crippen LogP contribution in [0.2, 0.25) is 0 Å². The molecule has 1 saturated heterocycles. The Balaban J connectivity index is 1.71. The lowest BCUT2D eigenvalue weighted by molar-refractivity contribution is -0.120. The maximum Gasteiger partial charge on any atom is 0.224 e. The molecule has 1 atom stereocenters. The number of hydrogen-bond donors (Lipinski definition) is 1. The molecule has 3 rings (SSSR count). The number of ether oxygens (including phenoxy) is 1. The van der Waals surface area contributed by atoms with E-state index < -0.39 is 0 Å². The van der Waals surface area contributed by atoms with Crippen LogP contribution in [0.4, 0.5) is 0 Å². The molecular formula is C20H27N3O3. The molecule has 1 aromatic heterocycles. The zero-order valence-electron chi connectivity index (χ0n) is 15.7. The normalized spacial score (nSPS) is 15.8. The number of nitrogens with one attached hydrogen (secondary N) is 1. The molecule has 2 heterocycles. The van der Waals surface area contributed by atoms with Crippen molar-refractivity contribution < 1.29 is 14.1 Å². The lowest BCUT2D eigenvalue weighted by Gasteiger charge is -2.29. The highest BCUT2D eigenvalue weighted by atomic mass is 16.5. The molecule has 0 saturated carbocycles. The van der Waals surface area contributed by atoms with Gasteiger partial charge < -0.3 is 14.6 Å². The van der Waals surface area contributed by atoms with Gasteiger partial charge in [0, 0.05) is 17.7 Å². The largest absolute Gasteiger partial charge is 0.496 e. The van der Waals surface area contributed by atoms with Gasteiger partial charge in [0.2, 0.25) is 5.91 Å². The molecule has 1 amide bonds. The first-order valence-corrected chi connectivity index (χ1v) is 9.15. The number of nitrogens with zero attached hydrogens (tertiary/aromatic N) is 2. The van der Waals surface area contributed by atoms with Crippen molar-refractivity contribution in [1.29, 1.82) is 0 Å². The van der Waals surface area contributed by atoms with Crippen LogP contribution in [0.25, 0.3) is 0 Å². The van der Waals surface area contributed by atoms with Gasteiger partial charge in [0.05, 0.1) is 25.3 Å². The average Bonchev–Trinajstić information content (AvgIpc) is 3.28. The van der Waals surface area contributed by atoms with Crippen molar-refractivity contribution in [2.24, 2.45) is 0 Å². The first kappa shape index (κ1) is 18.5. The summed E-state index contributed by atoms with van der Waals surface area (Å²) in [6.07, 6.45) is 2.68. The van der Waals surface area contributed by atoms with Crippen molar-refractivity contribution in [2.75, 3.05) is 26.7 Å². The van der Waals surface area contributed by atoms with Gasteiger partial charge in [0.1, 0.15) is 11.5 Å². The van der Waals surface area contributed by atoms with Crippen LogP contribution in [0.3, 0.4) is 0 Å². The Morgan fingerprint density at radius 1 is 1.31 bits per heavy atom. The van der Waals surface area contributed by atoms with Crippen LogP contribution in [-0.2, 0) is 11.2 Å². The van der Waals surface area contributed by atoms with E-state index in [0.29, 0.717) is 18.7 Å². The molecule has 1 fully saturated rings. The van der Waals surface area contributed by atoms with Gasteiger partial charge in [-0.05, 0) is 45.8 Å². The minimum Gasteiger partial charge on any atom is -0.496 e. The zero-order chi connectivity index (χ0) is 18.5. The summed E-state index contributed by atoms with van der Waals surface area (Å²) in [6, 6.07) is 8.17. The second-order valence-electron chi connectivity index (χ2n) is 6.78. The number of aromatic nitrogens is 1. The van der Waals surface area contributed by atoms with Crippen LogP contribution >= 0.6 is 0 Å². The van der Waals surface area contributed by atoms with E-state index >= 15 is 0 Å². The molecule has 0 spiro atoms. The van der Waals surface area contributed by atoms with Crippen LogP contribution in [0.5, 0.6) is 5.75 Å². The second kappa shape index (κ2) is 8.36. The Labute approximate surface area is 154 Å². The molecule has 1 aliphatic heterocycles. The van der Waals surface area contributed by atoms with E-state index in [-0.39, 0.29) is 11.9 Å². The van der Waals surface area contributed by atoms with E-state index in [1.54, 1.807) is 7.11 Å². The van der Waals surface area contributed by atoms with Gasteiger partial charge in [0.25, 0.3) is 0 Å². The summed E-state index contributed by atoms with van der Waals surface area (Å²) in [5.41, 5.74) is 2.77. The fourth-order valence-electron chi connectivity index (χ4n) is 3.62. The Hall–Kier alpha value is -2.34. The number of rotatable bonds is 7. The van der Waals surface area contributed by atoms with Gasteiger partial charge in [0.15, 0.2) is 0 Å². The number of amides is 1. The summed E-state index contributed by atoms with van der Waals surface area (Å²) < 4.78 is 10.7. The fraction of sp³-hybridized carbons (Fsp3) is 0.500.